The molecule has 170 valence electrons. The molecule has 1 aromatic heterocycles. The monoisotopic (exact) mass is 452 g/mol. The molecule has 0 bridgehead atoms. The molecule has 1 aliphatic rings. The Bertz CT molecular complexity index is 1320. The molecule has 7 heteroatoms. The molecule has 2 heterocycles. The molecule has 0 aliphatic carbocycles. The Morgan fingerprint density at radius 1 is 0.912 bits per heavy atom. The molecule has 5 rings (SSSR count). The van der Waals surface area contributed by atoms with Crippen molar-refractivity contribution in [2.75, 3.05) is 19.6 Å². The average Bonchev–Trinajstić information content (AvgIpc) is 3.32. The maximum Gasteiger partial charge on any atom is 0.254 e. The minimum Gasteiger partial charge on any atom is -0.339 e. The summed E-state index contributed by atoms with van der Waals surface area (Å²) in [5.41, 5.74) is 4.56. The van der Waals surface area contributed by atoms with Crippen LogP contribution in [0.1, 0.15) is 21.8 Å². The van der Waals surface area contributed by atoms with Crippen molar-refractivity contribution in [3.8, 4) is 22.5 Å². The van der Waals surface area contributed by atoms with E-state index in [1.807, 2.05) is 78.9 Å². The molecule has 0 unspecified atom stereocenters. The van der Waals surface area contributed by atoms with Crippen LogP contribution in [0.2, 0.25) is 0 Å². The maximum absolute atomic E-state index is 13.0. The summed E-state index contributed by atoms with van der Waals surface area (Å²) in [6.45, 7) is 3.27. The van der Waals surface area contributed by atoms with Gasteiger partial charge in [0.1, 0.15) is 6.54 Å². The Hall–Kier alpha value is -4.26. The Morgan fingerprint density at radius 3 is 2.35 bits per heavy atom. The molecular formula is C27H24N4O3. The topological polar surface area (TPSA) is 79.5 Å². The van der Waals surface area contributed by atoms with Crippen LogP contribution in [-0.2, 0) is 11.3 Å². The number of hydrogen-bond donors (Lipinski definition) is 0. The molecule has 0 spiro atoms. The number of carbonyl (C=O) groups is 2. The van der Waals surface area contributed by atoms with Crippen LogP contribution in [-0.4, -0.2) is 51.4 Å². The molecule has 1 saturated heterocycles. The van der Waals surface area contributed by atoms with Gasteiger partial charge in [0.25, 0.3) is 5.91 Å². The minimum atomic E-state index is -0.123. The Kier molecular flexibility index (Phi) is 5.91. The number of hydrogen-bond acceptors (Lipinski definition) is 5. The number of rotatable bonds is 5. The van der Waals surface area contributed by atoms with Crippen molar-refractivity contribution < 1.29 is 14.1 Å². The largest absolute Gasteiger partial charge is 0.339 e. The minimum absolute atomic E-state index is 0.0682. The molecule has 4 aromatic rings. The van der Waals surface area contributed by atoms with E-state index < -0.39 is 0 Å². The van der Waals surface area contributed by atoms with Gasteiger partial charge in [0.2, 0.25) is 17.6 Å². The molecule has 0 radical (unpaired) electrons. The first kappa shape index (κ1) is 21.6. The van der Waals surface area contributed by atoms with Crippen molar-refractivity contribution in [2.45, 2.75) is 13.5 Å². The average molecular weight is 453 g/mol. The van der Waals surface area contributed by atoms with Crippen LogP contribution >= 0.6 is 0 Å². The zero-order valence-electron chi connectivity index (χ0n) is 18.8. The third kappa shape index (κ3) is 4.59. The zero-order valence-corrected chi connectivity index (χ0v) is 18.8. The van der Waals surface area contributed by atoms with Crippen LogP contribution in [0.15, 0.2) is 83.4 Å². The number of amides is 2. The van der Waals surface area contributed by atoms with Crippen molar-refractivity contribution in [1.29, 1.82) is 0 Å². The van der Waals surface area contributed by atoms with Gasteiger partial charge in [-0.25, -0.2) is 0 Å². The Morgan fingerprint density at radius 2 is 1.65 bits per heavy atom. The van der Waals surface area contributed by atoms with Gasteiger partial charge in [-0.3, -0.25) is 9.59 Å². The summed E-state index contributed by atoms with van der Waals surface area (Å²) >= 11 is 0. The first-order chi connectivity index (χ1) is 16.6. The maximum atomic E-state index is 13.0. The van der Waals surface area contributed by atoms with Crippen molar-refractivity contribution in [2.24, 2.45) is 0 Å². The molecule has 0 saturated carbocycles. The van der Waals surface area contributed by atoms with Gasteiger partial charge >= 0.3 is 0 Å². The van der Waals surface area contributed by atoms with E-state index in [9.17, 15) is 9.59 Å². The number of benzene rings is 3. The van der Waals surface area contributed by atoms with Crippen molar-refractivity contribution in [3.63, 3.8) is 0 Å². The summed E-state index contributed by atoms with van der Waals surface area (Å²) in [7, 11) is 0. The van der Waals surface area contributed by atoms with E-state index in [4.69, 9.17) is 4.52 Å². The summed E-state index contributed by atoms with van der Waals surface area (Å²) in [6.07, 6.45) is 0. The Labute approximate surface area is 197 Å². The highest BCUT2D eigenvalue weighted by Gasteiger charge is 2.28. The lowest BCUT2D eigenvalue weighted by molar-refractivity contribution is -0.135. The summed E-state index contributed by atoms with van der Waals surface area (Å²) in [4.78, 5) is 33.5. The van der Waals surface area contributed by atoms with Gasteiger partial charge in [-0.2, -0.15) is 4.98 Å². The summed E-state index contributed by atoms with van der Waals surface area (Å²) in [5.74, 6) is 0.842. The van der Waals surface area contributed by atoms with Crippen LogP contribution in [0, 0.1) is 6.92 Å². The fraction of sp³-hybridized carbons (Fsp3) is 0.185. The van der Waals surface area contributed by atoms with Gasteiger partial charge in [-0.1, -0.05) is 65.8 Å². The lowest BCUT2D eigenvalue weighted by Crippen LogP contribution is -2.51. The van der Waals surface area contributed by atoms with Gasteiger partial charge in [-0.05, 0) is 34.9 Å². The van der Waals surface area contributed by atoms with E-state index >= 15 is 0 Å². The molecule has 7 nitrogen and oxygen atoms in total. The number of piperazine rings is 1. The van der Waals surface area contributed by atoms with Crippen molar-refractivity contribution in [3.05, 3.63) is 95.9 Å². The van der Waals surface area contributed by atoms with Crippen molar-refractivity contribution >= 4 is 11.8 Å². The predicted molar refractivity (Wildman–Crippen MR) is 128 cm³/mol. The quantitative estimate of drug-likeness (QED) is 0.454. The standard InChI is InChI=1S/C27H24N4O3/c1-19-28-26(29-34-19)24-9-5-6-20(16-24)17-30-14-15-31(18-25(30)32)27(33)23-12-10-22(11-13-23)21-7-3-2-4-8-21/h2-13,16H,14-15,17-18H2,1H3. The van der Waals surface area contributed by atoms with Gasteiger partial charge in [0.05, 0.1) is 0 Å². The van der Waals surface area contributed by atoms with E-state index in [0.29, 0.717) is 36.9 Å². The molecule has 1 fully saturated rings. The molecule has 0 atom stereocenters. The fourth-order valence-electron chi connectivity index (χ4n) is 4.11. The second-order valence-electron chi connectivity index (χ2n) is 8.32. The molecule has 3 aromatic carbocycles. The predicted octanol–water partition coefficient (Wildman–Crippen LogP) is 4.20. The van der Waals surface area contributed by atoms with E-state index in [2.05, 4.69) is 10.1 Å². The highest BCUT2D eigenvalue weighted by Crippen LogP contribution is 2.21. The SMILES string of the molecule is Cc1nc(-c2cccc(CN3CCN(C(=O)c4ccc(-c5ccccc5)cc4)CC3=O)c2)no1. The first-order valence-corrected chi connectivity index (χ1v) is 11.2. The van der Waals surface area contributed by atoms with Crippen LogP contribution in [0.5, 0.6) is 0 Å². The lowest BCUT2D eigenvalue weighted by Gasteiger charge is -2.34. The van der Waals surface area contributed by atoms with E-state index in [1.165, 1.54) is 0 Å². The molecular weight excluding hydrogens is 428 g/mol. The van der Waals surface area contributed by atoms with Crippen LogP contribution in [0.3, 0.4) is 0 Å². The molecule has 34 heavy (non-hydrogen) atoms. The molecule has 1 aliphatic heterocycles. The summed E-state index contributed by atoms with van der Waals surface area (Å²) < 4.78 is 5.06. The number of nitrogens with zero attached hydrogens (tertiary/aromatic N) is 4. The second kappa shape index (κ2) is 9.31. The number of aromatic nitrogens is 2. The van der Waals surface area contributed by atoms with E-state index in [0.717, 1.165) is 22.3 Å². The number of aryl methyl sites for hydroxylation is 1. The third-order valence-corrected chi connectivity index (χ3v) is 5.93. The summed E-state index contributed by atoms with van der Waals surface area (Å²) in [6, 6.07) is 25.3. The van der Waals surface area contributed by atoms with Crippen LogP contribution < -0.4 is 0 Å². The lowest BCUT2D eigenvalue weighted by atomic mass is 10.0. The highest BCUT2D eigenvalue weighted by atomic mass is 16.5. The summed E-state index contributed by atoms with van der Waals surface area (Å²) in [5, 5.41) is 3.96. The first-order valence-electron chi connectivity index (χ1n) is 11.2. The van der Waals surface area contributed by atoms with Crippen LogP contribution in [0.4, 0.5) is 0 Å². The highest BCUT2D eigenvalue weighted by molar-refractivity contribution is 5.97. The van der Waals surface area contributed by atoms with Crippen LogP contribution in [0.25, 0.3) is 22.5 Å². The van der Waals surface area contributed by atoms with Gasteiger partial charge < -0.3 is 14.3 Å². The molecule has 2 amide bonds. The second-order valence-corrected chi connectivity index (χ2v) is 8.32. The van der Waals surface area contributed by atoms with Crippen molar-refractivity contribution in [1.82, 2.24) is 19.9 Å². The molecule has 0 N–H and O–H groups in total. The smallest absolute Gasteiger partial charge is 0.254 e. The number of carbonyl (C=O) groups excluding carboxylic acids is 2. The zero-order chi connectivity index (χ0) is 23.5. The third-order valence-electron chi connectivity index (χ3n) is 5.93. The normalized spacial score (nSPS) is 13.9. The van der Waals surface area contributed by atoms with Gasteiger partial charge in [-0.15, -0.1) is 0 Å². The Balaban J connectivity index is 1.22. The van der Waals surface area contributed by atoms with E-state index in [-0.39, 0.29) is 18.4 Å². The van der Waals surface area contributed by atoms with E-state index in [1.54, 1.807) is 16.7 Å². The fourth-order valence-corrected chi connectivity index (χ4v) is 4.11. The van der Waals surface area contributed by atoms with Gasteiger partial charge in [0, 0.05) is 37.7 Å². The van der Waals surface area contributed by atoms with Gasteiger partial charge in [0.15, 0.2) is 0 Å².